The van der Waals surface area contributed by atoms with Crippen LogP contribution >= 0.6 is 0 Å². The molecule has 0 fully saturated rings. The minimum absolute atomic E-state index is 0.0756. The number of furan rings is 1. The molecule has 1 N–H and O–H groups in total. The Balaban J connectivity index is 1.56. The van der Waals surface area contributed by atoms with Crippen molar-refractivity contribution in [1.29, 1.82) is 0 Å². The summed E-state index contributed by atoms with van der Waals surface area (Å²) in [4.78, 5) is 18.6. The number of hydrogen-bond donors (Lipinski definition) is 1. The maximum Gasteiger partial charge on any atom is 0.252 e. The summed E-state index contributed by atoms with van der Waals surface area (Å²) in [6.07, 6.45) is 1.65. The minimum Gasteiger partial charge on any atom is -0.467 e. The van der Waals surface area contributed by atoms with Gasteiger partial charge < -0.3 is 9.40 Å². The van der Waals surface area contributed by atoms with Gasteiger partial charge in [0, 0.05) is 18.7 Å². The van der Waals surface area contributed by atoms with Crippen molar-refractivity contribution in [1.82, 2.24) is 30.1 Å². The fourth-order valence-electron chi connectivity index (χ4n) is 4.91. The largest absolute Gasteiger partial charge is 0.467 e. The van der Waals surface area contributed by atoms with Crippen LogP contribution < -0.4 is 5.56 Å². The monoisotopic (exact) mass is 496 g/mol. The summed E-state index contributed by atoms with van der Waals surface area (Å²) >= 11 is 0. The lowest BCUT2D eigenvalue weighted by Crippen LogP contribution is -2.35. The van der Waals surface area contributed by atoms with Crippen molar-refractivity contribution in [3.63, 3.8) is 0 Å². The van der Waals surface area contributed by atoms with Crippen LogP contribution in [0.1, 0.15) is 53.7 Å². The molecule has 190 valence electrons. The second-order valence-corrected chi connectivity index (χ2v) is 10.0. The molecule has 0 aliphatic heterocycles. The number of fused-ring (bicyclic) bond motifs is 1. The smallest absolute Gasteiger partial charge is 0.252 e. The van der Waals surface area contributed by atoms with Crippen molar-refractivity contribution >= 4 is 10.9 Å². The summed E-state index contributed by atoms with van der Waals surface area (Å²) in [7, 11) is 0. The number of aromatic amines is 1. The molecular formula is C29H32N6O2. The number of rotatable bonds is 9. The quantitative estimate of drug-likeness (QED) is 0.303. The van der Waals surface area contributed by atoms with E-state index in [0.717, 1.165) is 33.6 Å². The maximum atomic E-state index is 13.2. The number of tetrazole rings is 1. The van der Waals surface area contributed by atoms with Crippen molar-refractivity contribution in [3.8, 4) is 0 Å². The van der Waals surface area contributed by atoms with E-state index in [1.165, 1.54) is 5.56 Å². The lowest BCUT2D eigenvalue weighted by molar-refractivity contribution is 0.125. The summed E-state index contributed by atoms with van der Waals surface area (Å²) in [5.41, 5.74) is 4.93. The minimum atomic E-state index is -0.140. The van der Waals surface area contributed by atoms with Crippen LogP contribution in [-0.2, 0) is 19.6 Å². The molecule has 2 aromatic carbocycles. The number of pyridine rings is 1. The molecule has 1 atom stereocenters. The maximum absolute atomic E-state index is 13.2. The average molecular weight is 497 g/mol. The van der Waals surface area contributed by atoms with Gasteiger partial charge in [-0.25, -0.2) is 4.68 Å². The Morgan fingerprint density at radius 3 is 2.57 bits per heavy atom. The highest BCUT2D eigenvalue weighted by atomic mass is 16.3. The van der Waals surface area contributed by atoms with Crippen molar-refractivity contribution in [3.05, 3.63) is 111 Å². The summed E-state index contributed by atoms with van der Waals surface area (Å²) in [6.45, 7) is 9.94. The first-order chi connectivity index (χ1) is 17.9. The van der Waals surface area contributed by atoms with Gasteiger partial charge in [0.1, 0.15) is 12.3 Å². The van der Waals surface area contributed by atoms with E-state index >= 15 is 0 Å². The number of H-pyrrole nitrogens is 1. The molecule has 8 nitrogen and oxygen atoms in total. The Morgan fingerprint density at radius 1 is 1.03 bits per heavy atom. The van der Waals surface area contributed by atoms with Gasteiger partial charge in [0.25, 0.3) is 5.56 Å². The molecule has 5 rings (SSSR count). The van der Waals surface area contributed by atoms with Crippen LogP contribution in [0.25, 0.3) is 10.9 Å². The molecule has 0 amide bonds. The van der Waals surface area contributed by atoms with Gasteiger partial charge in [-0.05, 0) is 64.9 Å². The number of nitrogens with one attached hydrogen (secondary N) is 1. The lowest BCUT2D eigenvalue weighted by Gasteiger charge is -2.33. The molecule has 37 heavy (non-hydrogen) atoms. The molecule has 3 heterocycles. The third-order valence-electron chi connectivity index (χ3n) is 6.78. The summed E-state index contributed by atoms with van der Waals surface area (Å²) < 4.78 is 7.35. The zero-order valence-corrected chi connectivity index (χ0v) is 21.7. The molecule has 0 aliphatic carbocycles. The fraction of sp³-hybridized carbons (Fsp3) is 0.310. The predicted molar refractivity (Wildman–Crippen MR) is 143 cm³/mol. The van der Waals surface area contributed by atoms with E-state index in [-0.39, 0.29) is 17.5 Å². The van der Waals surface area contributed by atoms with Crippen LogP contribution in [0.4, 0.5) is 0 Å². The van der Waals surface area contributed by atoms with Gasteiger partial charge in [-0.1, -0.05) is 61.9 Å². The predicted octanol–water partition coefficient (Wildman–Crippen LogP) is 5.17. The van der Waals surface area contributed by atoms with Gasteiger partial charge in [0.05, 0.1) is 17.8 Å². The molecule has 0 aliphatic rings. The molecule has 0 radical (unpaired) electrons. The Kier molecular flexibility index (Phi) is 7.01. The zero-order chi connectivity index (χ0) is 25.9. The molecule has 8 heteroatoms. The van der Waals surface area contributed by atoms with Crippen LogP contribution in [0, 0.1) is 19.8 Å². The molecule has 3 aromatic heterocycles. The first-order valence-electron chi connectivity index (χ1n) is 12.6. The second-order valence-electron chi connectivity index (χ2n) is 10.0. The lowest BCUT2D eigenvalue weighted by atomic mass is 9.99. The third kappa shape index (κ3) is 5.39. The van der Waals surface area contributed by atoms with E-state index in [4.69, 9.17) is 4.42 Å². The summed E-state index contributed by atoms with van der Waals surface area (Å²) in [6, 6.07) is 20.2. The Morgan fingerprint density at radius 2 is 1.84 bits per heavy atom. The standard InChI is InChI=1S/C29H32N6O2/c1-19(2)27(28-31-32-33-35(28)18-25-9-6-14-37-25)34(16-22-12-10-20(3)11-13-22)17-24-15-23-8-5-7-21(4)26(23)30-29(24)36/h5-15,19,27H,16-18H2,1-4H3,(H,30,36)/t27-/m0/s1. The zero-order valence-electron chi connectivity index (χ0n) is 21.7. The van der Waals surface area contributed by atoms with Gasteiger partial charge in [-0.2, -0.15) is 0 Å². The number of para-hydroxylation sites is 1. The van der Waals surface area contributed by atoms with Crippen LogP contribution in [0.15, 0.2) is 76.1 Å². The SMILES string of the molecule is Cc1ccc(CN(Cc2cc3cccc(C)c3[nH]c2=O)[C@H](c2nnnn2Cc2ccco2)C(C)C)cc1. The Labute approximate surface area is 215 Å². The number of aryl methyl sites for hydroxylation is 2. The second kappa shape index (κ2) is 10.5. The van der Waals surface area contributed by atoms with Crippen LogP contribution in [0.2, 0.25) is 0 Å². The molecule has 0 saturated carbocycles. The van der Waals surface area contributed by atoms with E-state index in [9.17, 15) is 4.79 Å². The van der Waals surface area contributed by atoms with E-state index in [0.29, 0.717) is 25.2 Å². The van der Waals surface area contributed by atoms with Crippen LogP contribution in [0.5, 0.6) is 0 Å². The van der Waals surface area contributed by atoms with Crippen molar-refractivity contribution < 1.29 is 4.42 Å². The molecule has 5 aromatic rings. The van der Waals surface area contributed by atoms with Gasteiger partial charge in [-0.15, -0.1) is 5.10 Å². The first-order valence-corrected chi connectivity index (χ1v) is 12.6. The number of aromatic nitrogens is 5. The Bertz CT molecular complexity index is 1530. The number of hydrogen-bond acceptors (Lipinski definition) is 6. The molecule has 0 bridgehead atoms. The van der Waals surface area contributed by atoms with Gasteiger partial charge in [-0.3, -0.25) is 9.69 Å². The third-order valence-corrected chi connectivity index (χ3v) is 6.78. The van der Waals surface area contributed by atoms with E-state index < -0.39 is 0 Å². The number of benzene rings is 2. The topological polar surface area (TPSA) is 92.8 Å². The normalized spacial score (nSPS) is 12.6. The van der Waals surface area contributed by atoms with Crippen LogP contribution in [-0.4, -0.2) is 30.1 Å². The highest BCUT2D eigenvalue weighted by Gasteiger charge is 2.30. The van der Waals surface area contributed by atoms with Crippen molar-refractivity contribution in [2.24, 2.45) is 5.92 Å². The highest BCUT2D eigenvalue weighted by Crippen LogP contribution is 2.30. The molecule has 0 spiro atoms. The van der Waals surface area contributed by atoms with Crippen molar-refractivity contribution in [2.75, 3.05) is 0 Å². The average Bonchev–Trinajstić information content (AvgIpc) is 3.54. The summed E-state index contributed by atoms with van der Waals surface area (Å²) in [5, 5.41) is 13.8. The Hall–Kier alpha value is -4.04. The van der Waals surface area contributed by atoms with E-state index in [2.05, 4.69) is 70.4 Å². The van der Waals surface area contributed by atoms with Gasteiger partial charge in [0.15, 0.2) is 5.82 Å². The summed E-state index contributed by atoms with van der Waals surface area (Å²) in [5.74, 6) is 1.70. The van der Waals surface area contributed by atoms with E-state index in [1.54, 1.807) is 10.9 Å². The van der Waals surface area contributed by atoms with E-state index in [1.807, 2.05) is 43.3 Å². The number of nitrogens with zero attached hydrogens (tertiary/aromatic N) is 5. The molecule has 0 unspecified atom stereocenters. The van der Waals surface area contributed by atoms with Crippen LogP contribution in [0.3, 0.4) is 0 Å². The highest BCUT2D eigenvalue weighted by molar-refractivity contribution is 5.81. The fourth-order valence-corrected chi connectivity index (χ4v) is 4.91. The molecule has 0 saturated heterocycles. The van der Waals surface area contributed by atoms with Gasteiger partial charge in [0.2, 0.25) is 0 Å². The first kappa shape index (κ1) is 24.6. The molecular weight excluding hydrogens is 464 g/mol. The van der Waals surface area contributed by atoms with Crippen molar-refractivity contribution in [2.45, 2.75) is 53.4 Å². The van der Waals surface area contributed by atoms with Gasteiger partial charge >= 0.3 is 0 Å².